The van der Waals surface area contributed by atoms with E-state index in [2.05, 4.69) is 0 Å². The van der Waals surface area contributed by atoms with Crippen LogP contribution in [-0.2, 0) is 14.4 Å². The fourth-order valence-corrected chi connectivity index (χ4v) is 2.61. The zero-order chi connectivity index (χ0) is 12.1. The average Bonchev–Trinajstić information content (AvgIpc) is 2.62. The molecule has 0 bridgehead atoms. The summed E-state index contributed by atoms with van der Waals surface area (Å²) in [7, 11) is 0. The van der Waals surface area contributed by atoms with Crippen LogP contribution in [0, 0.1) is 17.3 Å². The normalized spacial score (nSPS) is 30.5. The fraction of sp³-hybridized carbons (Fsp3) is 0.727. The van der Waals surface area contributed by atoms with E-state index < -0.39 is 5.97 Å². The van der Waals surface area contributed by atoms with E-state index in [1.807, 2.05) is 13.8 Å². The number of hydrogen-bond donors (Lipinski definition) is 1. The molecule has 2 unspecified atom stereocenters. The largest absolute Gasteiger partial charge is 0.481 e. The van der Waals surface area contributed by atoms with Crippen LogP contribution in [0.3, 0.4) is 0 Å². The van der Waals surface area contributed by atoms with Crippen LogP contribution in [0.5, 0.6) is 0 Å². The minimum absolute atomic E-state index is 0.00418. The molecule has 2 rings (SSSR count). The van der Waals surface area contributed by atoms with Crippen molar-refractivity contribution in [2.24, 2.45) is 17.3 Å². The van der Waals surface area contributed by atoms with Gasteiger partial charge in [-0.3, -0.25) is 19.3 Å². The van der Waals surface area contributed by atoms with Crippen molar-refractivity contribution >= 4 is 17.8 Å². The highest BCUT2D eigenvalue weighted by Gasteiger charge is 2.72. The van der Waals surface area contributed by atoms with Crippen molar-refractivity contribution in [2.45, 2.75) is 26.7 Å². The first-order chi connectivity index (χ1) is 7.37. The molecule has 16 heavy (non-hydrogen) atoms. The Bertz CT molecular complexity index is 350. The third-order valence-corrected chi connectivity index (χ3v) is 3.66. The average molecular weight is 225 g/mol. The van der Waals surface area contributed by atoms with E-state index in [0.29, 0.717) is 6.42 Å². The first-order valence-corrected chi connectivity index (χ1v) is 5.44. The fourth-order valence-electron chi connectivity index (χ4n) is 2.61. The summed E-state index contributed by atoms with van der Waals surface area (Å²) in [5.74, 6) is -1.46. The Balaban J connectivity index is 1.93. The summed E-state index contributed by atoms with van der Waals surface area (Å²) in [6.07, 6.45) is 0.336. The van der Waals surface area contributed by atoms with Crippen molar-refractivity contribution in [3.05, 3.63) is 0 Å². The van der Waals surface area contributed by atoms with E-state index in [1.54, 1.807) is 0 Å². The van der Waals surface area contributed by atoms with E-state index in [1.165, 1.54) is 4.90 Å². The number of amides is 2. The number of carboxylic acid groups (broad SMARTS) is 1. The highest BCUT2D eigenvalue weighted by molar-refractivity contribution is 6.10. The van der Waals surface area contributed by atoms with Gasteiger partial charge in [0.25, 0.3) is 0 Å². The number of carbonyl (C=O) groups is 3. The lowest BCUT2D eigenvalue weighted by Crippen LogP contribution is -2.37. The van der Waals surface area contributed by atoms with E-state index in [4.69, 9.17) is 5.11 Å². The Morgan fingerprint density at radius 2 is 1.81 bits per heavy atom. The molecule has 2 amide bonds. The molecule has 5 nitrogen and oxygen atoms in total. The number of carboxylic acids is 1. The number of piperidine rings is 1. The van der Waals surface area contributed by atoms with Gasteiger partial charge < -0.3 is 5.11 Å². The molecule has 2 aliphatic rings. The lowest BCUT2D eigenvalue weighted by Gasteiger charge is -2.19. The molecular weight excluding hydrogens is 210 g/mol. The highest BCUT2D eigenvalue weighted by atomic mass is 16.4. The minimum atomic E-state index is -0.899. The number of carbonyl (C=O) groups excluding carboxylic acids is 2. The Morgan fingerprint density at radius 1 is 1.31 bits per heavy atom. The first kappa shape index (κ1) is 11.1. The molecule has 1 heterocycles. The predicted molar refractivity (Wildman–Crippen MR) is 54.4 cm³/mol. The van der Waals surface area contributed by atoms with Crippen molar-refractivity contribution in [3.63, 3.8) is 0 Å². The molecule has 1 N–H and O–H groups in total. The van der Waals surface area contributed by atoms with Gasteiger partial charge in [-0.15, -0.1) is 0 Å². The van der Waals surface area contributed by atoms with Gasteiger partial charge >= 0.3 is 5.97 Å². The summed E-state index contributed by atoms with van der Waals surface area (Å²) in [4.78, 5) is 35.2. The highest BCUT2D eigenvalue weighted by Crippen LogP contribution is 2.63. The van der Waals surface area contributed by atoms with Gasteiger partial charge in [-0.1, -0.05) is 13.8 Å². The SMILES string of the molecule is CC1(C)C2C(=O)N(CCCC(=O)O)C(=O)C21. The lowest BCUT2D eigenvalue weighted by atomic mass is 10.1. The van der Waals surface area contributed by atoms with E-state index >= 15 is 0 Å². The van der Waals surface area contributed by atoms with Gasteiger partial charge in [-0.05, 0) is 11.8 Å². The van der Waals surface area contributed by atoms with Crippen molar-refractivity contribution in [3.8, 4) is 0 Å². The number of imide groups is 1. The van der Waals surface area contributed by atoms with Gasteiger partial charge in [0, 0.05) is 13.0 Å². The van der Waals surface area contributed by atoms with Crippen molar-refractivity contribution in [1.29, 1.82) is 0 Å². The zero-order valence-corrected chi connectivity index (χ0v) is 9.40. The maximum absolute atomic E-state index is 11.8. The van der Waals surface area contributed by atoms with Crippen LogP contribution in [0.25, 0.3) is 0 Å². The van der Waals surface area contributed by atoms with Gasteiger partial charge in [0.15, 0.2) is 0 Å². The summed E-state index contributed by atoms with van der Waals surface area (Å²) >= 11 is 0. The second-order valence-corrected chi connectivity index (χ2v) is 5.10. The van der Waals surface area contributed by atoms with E-state index in [0.717, 1.165) is 0 Å². The number of rotatable bonds is 4. The van der Waals surface area contributed by atoms with Gasteiger partial charge in [-0.2, -0.15) is 0 Å². The number of aliphatic carboxylic acids is 1. The Kier molecular flexibility index (Phi) is 2.29. The van der Waals surface area contributed by atoms with E-state index in [9.17, 15) is 14.4 Å². The maximum atomic E-state index is 11.8. The number of nitrogens with zero attached hydrogens (tertiary/aromatic N) is 1. The molecule has 1 aliphatic carbocycles. The summed E-state index contributed by atoms with van der Waals surface area (Å²) in [6.45, 7) is 4.09. The summed E-state index contributed by atoms with van der Waals surface area (Å²) in [6, 6.07) is 0. The van der Waals surface area contributed by atoms with Gasteiger partial charge in [0.1, 0.15) is 0 Å². The molecule has 0 aromatic heterocycles. The zero-order valence-electron chi connectivity index (χ0n) is 9.40. The number of fused-ring (bicyclic) bond motifs is 1. The lowest BCUT2D eigenvalue weighted by molar-refractivity contribution is -0.144. The molecule has 88 valence electrons. The molecule has 2 atom stereocenters. The molecule has 0 spiro atoms. The Labute approximate surface area is 93.4 Å². The van der Waals surface area contributed by atoms with Crippen LogP contribution in [0.15, 0.2) is 0 Å². The first-order valence-electron chi connectivity index (χ1n) is 5.44. The topological polar surface area (TPSA) is 74.7 Å². The standard InChI is InChI=1S/C11H15NO4/c1-11(2)7-8(11)10(16)12(9(7)15)5-3-4-6(13)14/h7-8H,3-5H2,1-2H3,(H,13,14). The second-order valence-electron chi connectivity index (χ2n) is 5.10. The smallest absolute Gasteiger partial charge is 0.303 e. The monoisotopic (exact) mass is 225 g/mol. The van der Waals surface area contributed by atoms with Gasteiger partial charge in [-0.25, -0.2) is 0 Å². The molecule has 0 aromatic carbocycles. The molecule has 1 saturated carbocycles. The van der Waals surface area contributed by atoms with Crippen LogP contribution < -0.4 is 0 Å². The second kappa shape index (κ2) is 3.30. The molecule has 0 aromatic rings. The van der Waals surface area contributed by atoms with Crippen molar-refractivity contribution in [1.82, 2.24) is 4.90 Å². The van der Waals surface area contributed by atoms with Crippen LogP contribution >= 0.6 is 0 Å². The van der Waals surface area contributed by atoms with Gasteiger partial charge in [0.05, 0.1) is 11.8 Å². The summed E-state index contributed by atoms with van der Waals surface area (Å²) < 4.78 is 0. The number of hydrogen-bond acceptors (Lipinski definition) is 3. The van der Waals surface area contributed by atoms with Gasteiger partial charge in [0.2, 0.25) is 11.8 Å². The molecule has 2 fully saturated rings. The molecule has 1 saturated heterocycles. The van der Waals surface area contributed by atoms with Crippen LogP contribution in [0.2, 0.25) is 0 Å². The quantitative estimate of drug-likeness (QED) is 0.707. The third kappa shape index (κ3) is 1.42. The minimum Gasteiger partial charge on any atom is -0.481 e. The van der Waals surface area contributed by atoms with E-state index in [-0.39, 0.29) is 42.0 Å². The molecular formula is C11H15NO4. The molecule has 0 radical (unpaired) electrons. The summed E-state index contributed by atoms with van der Waals surface area (Å²) in [5, 5.41) is 8.47. The molecule has 5 heteroatoms. The predicted octanol–water partition coefficient (Wildman–Crippen LogP) is 0.492. The molecule has 1 aliphatic heterocycles. The van der Waals surface area contributed by atoms with Crippen molar-refractivity contribution < 1.29 is 19.5 Å². The Morgan fingerprint density at radius 3 is 2.25 bits per heavy atom. The number of likely N-dealkylation sites (tertiary alicyclic amines) is 1. The van der Waals surface area contributed by atoms with Crippen LogP contribution in [0.1, 0.15) is 26.7 Å². The van der Waals surface area contributed by atoms with Crippen molar-refractivity contribution in [2.75, 3.05) is 6.54 Å². The Hall–Kier alpha value is -1.39. The summed E-state index contributed by atoms with van der Waals surface area (Å²) in [5.41, 5.74) is -0.183. The van der Waals surface area contributed by atoms with Crippen LogP contribution in [-0.4, -0.2) is 34.3 Å². The van der Waals surface area contributed by atoms with Crippen LogP contribution in [0.4, 0.5) is 0 Å². The maximum Gasteiger partial charge on any atom is 0.303 e. The third-order valence-electron chi connectivity index (χ3n) is 3.66.